The minimum Gasteiger partial charge on any atom is -0.772 e. The van der Waals surface area contributed by atoms with Gasteiger partial charge in [0.15, 0.2) is 0 Å². The fraction of sp³-hybridized carbons (Fsp3) is 0. The van der Waals surface area contributed by atoms with Crippen molar-refractivity contribution in [1.82, 2.24) is 0 Å². The summed E-state index contributed by atoms with van der Waals surface area (Å²) in [6.45, 7) is 0. The molecule has 0 aromatic heterocycles. The Kier molecular flexibility index (Phi) is 314. The first-order chi connectivity index (χ1) is 7.07. The van der Waals surface area contributed by atoms with Crippen molar-refractivity contribution in [2.24, 2.45) is 0 Å². The third-order valence-electron chi connectivity index (χ3n) is 0. The standard InChI is InChI=1S/5HO2P.H2O.V/c5*1-3-2;;/h5*(H,1,2);1H2;/q;;;;;;+5/p-5. The van der Waals surface area contributed by atoms with Gasteiger partial charge in [-0.3, -0.25) is 22.8 Å². The monoisotopic (exact) mass is 384 g/mol. The van der Waals surface area contributed by atoms with Gasteiger partial charge < -0.3 is 29.9 Å². The van der Waals surface area contributed by atoms with Crippen LogP contribution < -0.4 is 24.5 Å². The van der Waals surface area contributed by atoms with Crippen LogP contribution in [0.25, 0.3) is 0 Å². The third-order valence-corrected chi connectivity index (χ3v) is 0. The molecule has 0 aromatic carbocycles. The maximum Gasteiger partial charge on any atom is 5.00 e. The summed E-state index contributed by atoms with van der Waals surface area (Å²) < 4.78 is 41.7. The molecule has 0 aliphatic rings. The molecule has 2 N–H and O–H groups in total. The van der Waals surface area contributed by atoms with Gasteiger partial charge in [-0.15, -0.1) is 0 Å². The average Bonchev–Trinajstić information content (AvgIpc) is 2.09. The number of rotatable bonds is 0. The molecular formula is H2O11P5V. The summed E-state index contributed by atoms with van der Waals surface area (Å²) in [5.41, 5.74) is 0. The van der Waals surface area contributed by atoms with Gasteiger partial charge in [0, 0.05) is 0 Å². The zero-order valence-corrected chi connectivity index (χ0v) is 13.1. The normalized spacial score (nSPS) is 6.18. The predicted octanol–water partition coefficient (Wildman–Crippen LogP) is -3.06. The van der Waals surface area contributed by atoms with Crippen LogP contribution in [0.4, 0.5) is 0 Å². The minimum absolute atomic E-state index is 0. The van der Waals surface area contributed by atoms with Crippen LogP contribution in [0.3, 0.4) is 0 Å². The number of hydrogen-bond donors (Lipinski definition) is 0. The molecule has 0 radical (unpaired) electrons. The maximum atomic E-state index is 8.35. The fourth-order valence-corrected chi connectivity index (χ4v) is 0. The van der Waals surface area contributed by atoms with E-state index in [2.05, 4.69) is 0 Å². The molecule has 0 aromatic rings. The molecule has 17 heavy (non-hydrogen) atoms. The van der Waals surface area contributed by atoms with Crippen molar-refractivity contribution in [3.05, 3.63) is 0 Å². The first-order valence-electron chi connectivity index (χ1n) is 1.83. The summed E-state index contributed by atoms with van der Waals surface area (Å²) in [5, 5.41) is 0. The minimum atomic E-state index is -1.08. The molecule has 0 heterocycles. The molecule has 0 aliphatic heterocycles. The largest absolute Gasteiger partial charge is 5.00 e. The van der Waals surface area contributed by atoms with Crippen molar-refractivity contribution in [2.75, 3.05) is 0 Å². The van der Waals surface area contributed by atoms with Crippen LogP contribution in [0.1, 0.15) is 0 Å². The van der Waals surface area contributed by atoms with Crippen molar-refractivity contribution in [2.45, 2.75) is 0 Å². The molecule has 17 heteroatoms. The van der Waals surface area contributed by atoms with E-state index < -0.39 is 43.4 Å². The molecule has 0 amide bonds. The molecule has 0 unspecified atom stereocenters. The van der Waals surface area contributed by atoms with Crippen molar-refractivity contribution < 1.29 is 71.3 Å². The van der Waals surface area contributed by atoms with Crippen LogP contribution in [0.2, 0.25) is 0 Å². The van der Waals surface area contributed by atoms with E-state index in [4.69, 9.17) is 47.3 Å². The fourth-order valence-electron chi connectivity index (χ4n) is 0. The molecule has 98 valence electrons. The molecule has 0 atom stereocenters. The Morgan fingerprint density at radius 1 is 0.471 bits per heavy atom. The second-order valence-corrected chi connectivity index (χ2v) is 1.12. The molecule has 0 bridgehead atoms. The summed E-state index contributed by atoms with van der Waals surface area (Å²) in [4.78, 5) is 41.7. The van der Waals surface area contributed by atoms with Crippen molar-refractivity contribution in [1.29, 1.82) is 0 Å². The maximum absolute atomic E-state index is 8.35. The average molecular weight is 384 g/mol. The van der Waals surface area contributed by atoms with Gasteiger partial charge in [0.2, 0.25) is 0 Å². The molecule has 0 fully saturated rings. The van der Waals surface area contributed by atoms with E-state index in [0.29, 0.717) is 0 Å². The molecule has 0 saturated carbocycles. The Morgan fingerprint density at radius 3 is 0.471 bits per heavy atom. The Balaban J connectivity index is -0.0000000143. The molecule has 0 saturated heterocycles. The van der Waals surface area contributed by atoms with Gasteiger partial charge in [-0.25, -0.2) is 0 Å². The van der Waals surface area contributed by atoms with E-state index in [0.717, 1.165) is 0 Å². The van der Waals surface area contributed by atoms with Gasteiger partial charge in [-0.2, -0.15) is 0 Å². The summed E-state index contributed by atoms with van der Waals surface area (Å²) in [7, 11) is -5.42. The Hall–Kier alpha value is 0.844. The number of hydrogen-bond acceptors (Lipinski definition) is 10. The second-order valence-electron chi connectivity index (χ2n) is 0.373. The van der Waals surface area contributed by atoms with E-state index in [1.54, 1.807) is 0 Å². The Morgan fingerprint density at radius 2 is 0.471 bits per heavy atom. The molecule has 0 aliphatic carbocycles. The Bertz CT molecular complexity index is 92.2. The first-order valence-corrected chi connectivity index (χ1v) is 5.48. The Labute approximate surface area is 115 Å². The summed E-state index contributed by atoms with van der Waals surface area (Å²) in [5.74, 6) is 0. The van der Waals surface area contributed by atoms with Crippen LogP contribution in [0.5, 0.6) is 0 Å². The van der Waals surface area contributed by atoms with Gasteiger partial charge >= 0.3 is 18.6 Å². The van der Waals surface area contributed by atoms with E-state index in [1.165, 1.54) is 0 Å². The van der Waals surface area contributed by atoms with Crippen LogP contribution in [0.15, 0.2) is 0 Å². The van der Waals surface area contributed by atoms with Crippen molar-refractivity contribution in [3.63, 3.8) is 0 Å². The summed E-state index contributed by atoms with van der Waals surface area (Å²) in [6, 6.07) is 0. The molecule has 0 rings (SSSR count). The van der Waals surface area contributed by atoms with Crippen LogP contribution in [-0.2, 0) is 41.4 Å². The molecule has 0 spiro atoms. The van der Waals surface area contributed by atoms with Gasteiger partial charge in [-0.05, 0) is 0 Å². The summed E-state index contributed by atoms with van der Waals surface area (Å²) in [6.07, 6.45) is 0. The topological polar surface area (TPSA) is 232 Å². The van der Waals surface area contributed by atoms with Crippen LogP contribution in [0, 0.1) is 0 Å². The van der Waals surface area contributed by atoms with Gasteiger partial charge in [0.05, 0.1) is 43.4 Å². The van der Waals surface area contributed by atoms with E-state index >= 15 is 0 Å². The third kappa shape index (κ3) is 5210. The zero-order valence-electron chi connectivity index (χ0n) is 7.27. The second kappa shape index (κ2) is 124. The first kappa shape index (κ1) is 43.1. The quantitative estimate of drug-likeness (QED) is 0.382. The van der Waals surface area contributed by atoms with Gasteiger partial charge in [0.1, 0.15) is 0 Å². The van der Waals surface area contributed by atoms with Crippen LogP contribution >= 0.6 is 43.4 Å². The van der Waals surface area contributed by atoms with E-state index in [-0.39, 0.29) is 24.0 Å². The van der Waals surface area contributed by atoms with E-state index in [1.807, 2.05) is 0 Å². The molecular weight excluding hydrogens is 382 g/mol. The summed E-state index contributed by atoms with van der Waals surface area (Å²) >= 11 is 0. The van der Waals surface area contributed by atoms with Gasteiger partial charge in [0.25, 0.3) is 0 Å². The van der Waals surface area contributed by atoms with Gasteiger partial charge in [-0.1, -0.05) is 0 Å². The molecule has 11 nitrogen and oxygen atoms in total. The van der Waals surface area contributed by atoms with Crippen molar-refractivity contribution in [3.8, 4) is 0 Å². The predicted molar refractivity (Wildman–Crippen MR) is 41.6 cm³/mol. The van der Waals surface area contributed by atoms with Crippen LogP contribution in [-0.4, -0.2) is 5.48 Å². The zero-order chi connectivity index (χ0) is 13.5. The smallest absolute Gasteiger partial charge is 0.772 e. The SMILES string of the molecule is O.O=P[O-].O=P[O-].O=P[O-].O=P[O-].O=P[O-].[V+5]. The van der Waals surface area contributed by atoms with Crippen molar-refractivity contribution >= 4 is 43.4 Å². The van der Waals surface area contributed by atoms with E-state index in [9.17, 15) is 0 Å².